The van der Waals surface area contributed by atoms with Gasteiger partial charge in [0.1, 0.15) is 18.3 Å². The van der Waals surface area contributed by atoms with Crippen molar-refractivity contribution in [1.29, 1.82) is 0 Å². The molecule has 6 nitrogen and oxygen atoms in total. The molecule has 0 saturated carbocycles. The fourth-order valence-electron chi connectivity index (χ4n) is 3.01. The van der Waals surface area contributed by atoms with E-state index >= 15 is 0 Å². The number of ether oxygens (including phenoxy) is 2. The molecule has 0 aromatic heterocycles. The van der Waals surface area contributed by atoms with Crippen LogP contribution in [0.5, 0.6) is 0 Å². The molecule has 1 fully saturated rings. The van der Waals surface area contributed by atoms with Crippen molar-refractivity contribution in [3.05, 3.63) is 47.6 Å². The van der Waals surface area contributed by atoms with Crippen molar-refractivity contribution in [3.63, 3.8) is 0 Å². The molecule has 0 aromatic rings. The third-order valence-corrected chi connectivity index (χ3v) is 4.33. The summed E-state index contributed by atoms with van der Waals surface area (Å²) in [6, 6.07) is 0. The Morgan fingerprint density at radius 2 is 1.96 bits per heavy atom. The van der Waals surface area contributed by atoms with E-state index in [4.69, 9.17) is 9.47 Å². The maximum Gasteiger partial charge on any atom is 0.334 e. The number of fused-ring (bicyclic) bond motifs is 1. The number of esters is 2. The quantitative estimate of drug-likeness (QED) is 0.606. The molecule has 1 N–H and O–H groups in total. The summed E-state index contributed by atoms with van der Waals surface area (Å²) in [6.07, 6.45) is -0.0503. The fraction of sp³-hybridized carbons (Fsp3) is 0.421. The van der Waals surface area contributed by atoms with Gasteiger partial charge in [0, 0.05) is 17.6 Å². The third-order valence-electron chi connectivity index (χ3n) is 4.33. The van der Waals surface area contributed by atoms with Crippen molar-refractivity contribution in [2.75, 3.05) is 0 Å². The van der Waals surface area contributed by atoms with Crippen LogP contribution in [0, 0.1) is 5.92 Å². The number of allylic oxidation sites excluding steroid dienone is 2. The first-order valence-electron chi connectivity index (χ1n) is 7.95. The number of carbonyl (C=O) groups excluding carboxylic acids is 3. The average molecular weight is 346 g/mol. The van der Waals surface area contributed by atoms with Crippen molar-refractivity contribution in [2.24, 2.45) is 5.92 Å². The summed E-state index contributed by atoms with van der Waals surface area (Å²) in [5.74, 6) is -2.27. The summed E-state index contributed by atoms with van der Waals surface area (Å²) in [4.78, 5) is 36.0. The number of aliphatic hydroxyl groups is 1. The van der Waals surface area contributed by atoms with Gasteiger partial charge in [-0.25, -0.2) is 9.59 Å². The minimum Gasteiger partial charge on any atom is -0.458 e. The molecule has 134 valence electrons. The van der Waals surface area contributed by atoms with Crippen molar-refractivity contribution in [1.82, 2.24) is 0 Å². The number of rotatable bonds is 2. The molecule has 2 rings (SSSR count). The maximum absolute atomic E-state index is 12.0. The van der Waals surface area contributed by atoms with E-state index in [-0.39, 0.29) is 23.4 Å². The van der Waals surface area contributed by atoms with Crippen molar-refractivity contribution in [3.8, 4) is 0 Å². The van der Waals surface area contributed by atoms with Gasteiger partial charge in [0.15, 0.2) is 5.78 Å². The zero-order chi connectivity index (χ0) is 18.9. The molecule has 1 heterocycles. The van der Waals surface area contributed by atoms with Crippen LogP contribution in [0.2, 0.25) is 0 Å². The average Bonchev–Trinajstić information content (AvgIpc) is 2.80. The summed E-state index contributed by atoms with van der Waals surface area (Å²) < 4.78 is 10.8. The van der Waals surface area contributed by atoms with Crippen LogP contribution in [0.4, 0.5) is 0 Å². The molecule has 0 spiro atoms. The Labute approximate surface area is 146 Å². The summed E-state index contributed by atoms with van der Waals surface area (Å²) >= 11 is 0. The second kappa shape index (κ2) is 7.19. The highest BCUT2D eigenvalue weighted by Crippen LogP contribution is 2.37. The molecule has 0 unspecified atom stereocenters. The highest BCUT2D eigenvalue weighted by molar-refractivity contribution is 6.00. The van der Waals surface area contributed by atoms with Crippen LogP contribution in [0.1, 0.15) is 27.2 Å². The summed E-state index contributed by atoms with van der Waals surface area (Å²) in [5, 5.41) is 10.5. The van der Waals surface area contributed by atoms with Crippen molar-refractivity contribution >= 4 is 17.7 Å². The summed E-state index contributed by atoms with van der Waals surface area (Å²) in [6.45, 7) is 12.1. The summed E-state index contributed by atoms with van der Waals surface area (Å²) in [7, 11) is 0. The van der Waals surface area contributed by atoms with E-state index in [1.54, 1.807) is 13.8 Å². The van der Waals surface area contributed by atoms with Gasteiger partial charge in [0.05, 0.1) is 5.92 Å². The van der Waals surface area contributed by atoms with Gasteiger partial charge in [-0.2, -0.15) is 0 Å². The smallest absolute Gasteiger partial charge is 0.334 e. The van der Waals surface area contributed by atoms with E-state index in [9.17, 15) is 19.5 Å². The first kappa shape index (κ1) is 18.9. The molecule has 0 radical (unpaired) electrons. The molecule has 2 aliphatic rings. The lowest BCUT2D eigenvalue weighted by molar-refractivity contribution is -0.150. The van der Waals surface area contributed by atoms with E-state index in [1.807, 2.05) is 0 Å². The monoisotopic (exact) mass is 346 g/mol. The number of carbonyl (C=O) groups is 3. The Hall–Kier alpha value is -2.47. The number of aliphatic hydroxyl groups excluding tert-OH is 1. The highest BCUT2D eigenvalue weighted by atomic mass is 16.6. The van der Waals surface area contributed by atoms with E-state index in [1.165, 1.54) is 19.1 Å². The van der Waals surface area contributed by atoms with Gasteiger partial charge in [-0.15, -0.1) is 0 Å². The zero-order valence-electron chi connectivity index (χ0n) is 14.6. The van der Waals surface area contributed by atoms with Gasteiger partial charge < -0.3 is 14.6 Å². The Morgan fingerprint density at radius 3 is 2.56 bits per heavy atom. The molecule has 0 aromatic carbocycles. The molecular weight excluding hydrogens is 324 g/mol. The van der Waals surface area contributed by atoms with Crippen LogP contribution in [0.3, 0.4) is 0 Å². The Morgan fingerprint density at radius 1 is 1.32 bits per heavy atom. The molecule has 1 aliphatic carbocycles. The van der Waals surface area contributed by atoms with Crippen LogP contribution in [-0.4, -0.2) is 41.1 Å². The molecule has 25 heavy (non-hydrogen) atoms. The molecular formula is C19H22O6. The molecule has 0 amide bonds. The second-order valence-corrected chi connectivity index (χ2v) is 6.58. The Balaban J connectivity index is 2.50. The second-order valence-electron chi connectivity index (χ2n) is 6.58. The van der Waals surface area contributed by atoms with Crippen LogP contribution in [0.15, 0.2) is 47.6 Å². The van der Waals surface area contributed by atoms with E-state index < -0.39 is 36.2 Å². The fourth-order valence-corrected chi connectivity index (χ4v) is 3.01. The predicted octanol–water partition coefficient (Wildman–Crippen LogP) is 1.80. The maximum atomic E-state index is 12.0. The zero-order valence-corrected chi connectivity index (χ0v) is 14.6. The lowest BCUT2D eigenvalue weighted by Gasteiger charge is -2.30. The Bertz CT molecular complexity index is 711. The van der Waals surface area contributed by atoms with Gasteiger partial charge in [-0.05, 0) is 38.5 Å². The van der Waals surface area contributed by atoms with Crippen molar-refractivity contribution in [2.45, 2.75) is 45.5 Å². The molecule has 6 heteroatoms. The van der Waals surface area contributed by atoms with E-state index in [0.29, 0.717) is 11.1 Å². The number of hydrogen-bond acceptors (Lipinski definition) is 6. The lowest BCUT2D eigenvalue weighted by atomic mass is 9.83. The standard InChI is InChI=1S/C19H22O6/c1-9(2)18(22)24-14-7-10(3)6-13(20)8-11(4)16(21)17-15(14)12(5)19(23)25-17/h6,8,14-17,21H,1,5,7H2,2-4H3/t14-,15+,16-,17+/m0/s1. The van der Waals surface area contributed by atoms with E-state index in [0.717, 1.165) is 0 Å². The minimum absolute atomic E-state index is 0.135. The Kier molecular flexibility index (Phi) is 5.42. The van der Waals surface area contributed by atoms with Crippen LogP contribution in [0.25, 0.3) is 0 Å². The SMILES string of the molecule is C=C(C)C(=O)O[C@H]1CC(C)=CC(=O)C=C(C)[C@H](O)[C@@H]2OC(=O)C(=C)[C@@H]21. The van der Waals surface area contributed by atoms with E-state index in [2.05, 4.69) is 13.2 Å². The third kappa shape index (κ3) is 3.96. The first-order valence-corrected chi connectivity index (χ1v) is 7.95. The molecule has 0 bridgehead atoms. The van der Waals surface area contributed by atoms with Crippen LogP contribution >= 0.6 is 0 Å². The molecule has 4 atom stereocenters. The highest BCUT2D eigenvalue weighted by Gasteiger charge is 2.48. The van der Waals surface area contributed by atoms with Gasteiger partial charge >= 0.3 is 11.9 Å². The largest absolute Gasteiger partial charge is 0.458 e. The van der Waals surface area contributed by atoms with Crippen molar-refractivity contribution < 1.29 is 29.0 Å². The number of ketones is 1. The van der Waals surface area contributed by atoms with Gasteiger partial charge in [0.25, 0.3) is 0 Å². The number of hydrogen-bond donors (Lipinski definition) is 1. The van der Waals surface area contributed by atoms with Gasteiger partial charge in [0.2, 0.25) is 0 Å². The van der Waals surface area contributed by atoms with Crippen LogP contribution in [-0.2, 0) is 23.9 Å². The molecule has 1 aliphatic heterocycles. The topological polar surface area (TPSA) is 89.9 Å². The predicted molar refractivity (Wildman–Crippen MR) is 90.3 cm³/mol. The summed E-state index contributed by atoms with van der Waals surface area (Å²) in [5.41, 5.74) is 1.38. The lowest BCUT2D eigenvalue weighted by Crippen LogP contribution is -2.41. The minimum atomic E-state index is -1.20. The van der Waals surface area contributed by atoms with Crippen LogP contribution < -0.4 is 0 Å². The van der Waals surface area contributed by atoms with Gasteiger partial charge in [-0.1, -0.05) is 18.7 Å². The molecule has 1 saturated heterocycles. The first-order chi connectivity index (χ1) is 11.6. The normalized spacial score (nSPS) is 30.0. The van der Waals surface area contributed by atoms with Gasteiger partial charge in [-0.3, -0.25) is 4.79 Å².